The first-order valence-electron chi connectivity index (χ1n) is 6.26. The molecule has 0 aliphatic rings. The molecule has 0 fully saturated rings. The van der Waals surface area contributed by atoms with Crippen LogP contribution in [-0.4, -0.2) is 16.2 Å². The predicted molar refractivity (Wildman–Crippen MR) is 85.0 cm³/mol. The van der Waals surface area contributed by atoms with E-state index in [1.165, 1.54) is 0 Å². The molecule has 1 heterocycles. The fourth-order valence-electron chi connectivity index (χ4n) is 1.82. The first-order chi connectivity index (χ1) is 10.2. The number of nitrogens with zero attached hydrogens (tertiary/aromatic N) is 2. The van der Waals surface area contributed by atoms with Gasteiger partial charge in [-0.25, -0.2) is 4.98 Å². The van der Waals surface area contributed by atoms with Gasteiger partial charge in [-0.1, -0.05) is 35.9 Å². The number of halogens is 1. The summed E-state index contributed by atoms with van der Waals surface area (Å²) in [4.78, 5) is 18.8. The summed E-state index contributed by atoms with van der Waals surface area (Å²) in [7, 11) is 0. The van der Waals surface area contributed by atoms with Gasteiger partial charge in [0.05, 0.1) is 17.2 Å². The number of hydrogen-bond donors (Lipinski definition) is 2. The molecule has 0 spiro atoms. The third kappa shape index (κ3) is 3.09. The number of hydrazone groups is 1. The molecule has 0 saturated heterocycles. The van der Waals surface area contributed by atoms with Crippen molar-refractivity contribution in [2.75, 3.05) is 5.43 Å². The minimum atomic E-state index is -0.318. The van der Waals surface area contributed by atoms with Gasteiger partial charge in [0.15, 0.2) is 0 Å². The minimum absolute atomic E-state index is 0.152. The highest BCUT2D eigenvalue weighted by molar-refractivity contribution is 6.30. The average Bonchev–Trinajstić information content (AvgIpc) is 2.50. The number of benzene rings is 2. The van der Waals surface area contributed by atoms with Crippen LogP contribution in [0.2, 0.25) is 5.02 Å². The smallest absolute Gasteiger partial charge is 0.293 e. The quantitative estimate of drug-likeness (QED) is 0.577. The molecule has 6 heteroatoms. The summed E-state index contributed by atoms with van der Waals surface area (Å²) in [6, 6.07) is 14.5. The third-order valence-electron chi connectivity index (χ3n) is 2.85. The van der Waals surface area contributed by atoms with Gasteiger partial charge in [-0.3, -0.25) is 10.2 Å². The number of para-hydroxylation sites is 2. The van der Waals surface area contributed by atoms with Gasteiger partial charge in [-0.15, -0.1) is 0 Å². The van der Waals surface area contributed by atoms with E-state index in [-0.39, 0.29) is 11.4 Å². The molecule has 3 aromatic rings. The molecule has 5 nitrogen and oxygen atoms in total. The van der Waals surface area contributed by atoms with E-state index in [9.17, 15) is 4.79 Å². The molecule has 0 bridgehead atoms. The predicted octanol–water partition coefficient (Wildman–Crippen LogP) is 3.02. The van der Waals surface area contributed by atoms with Crippen LogP contribution < -0.4 is 11.0 Å². The van der Waals surface area contributed by atoms with E-state index in [1.54, 1.807) is 24.4 Å². The van der Waals surface area contributed by atoms with Gasteiger partial charge >= 0.3 is 0 Å². The summed E-state index contributed by atoms with van der Waals surface area (Å²) in [6.45, 7) is 0. The van der Waals surface area contributed by atoms with Crippen LogP contribution >= 0.6 is 11.6 Å². The molecular formula is C15H11ClN4O. The van der Waals surface area contributed by atoms with Crippen LogP contribution in [0.4, 0.5) is 5.82 Å². The van der Waals surface area contributed by atoms with E-state index in [2.05, 4.69) is 20.5 Å². The van der Waals surface area contributed by atoms with E-state index in [0.717, 1.165) is 5.56 Å². The summed E-state index contributed by atoms with van der Waals surface area (Å²) < 4.78 is 0. The lowest BCUT2D eigenvalue weighted by Crippen LogP contribution is -2.13. The normalized spacial score (nSPS) is 11.1. The largest absolute Gasteiger partial charge is 0.317 e. The summed E-state index contributed by atoms with van der Waals surface area (Å²) in [6.07, 6.45) is 1.59. The molecule has 0 unspecified atom stereocenters. The second-order valence-electron chi connectivity index (χ2n) is 4.35. The van der Waals surface area contributed by atoms with E-state index < -0.39 is 0 Å². The molecule has 104 valence electrons. The van der Waals surface area contributed by atoms with Crippen molar-refractivity contribution in [1.82, 2.24) is 9.97 Å². The van der Waals surface area contributed by atoms with Gasteiger partial charge in [0.25, 0.3) is 5.56 Å². The third-order valence-corrected chi connectivity index (χ3v) is 3.11. The summed E-state index contributed by atoms with van der Waals surface area (Å²) >= 11 is 5.80. The maximum absolute atomic E-state index is 11.8. The van der Waals surface area contributed by atoms with Crippen LogP contribution in [0.3, 0.4) is 0 Å². The Morgan fingerprint density at radius 2 is 1.90 bits per heavy atom. The molecule has 0 radical (unpaired) electrons. The Morgan fingerprint density at radius 1 is 1.14 bits per heavy atom. The Kier molecular flexibility index (Phi) is 3.66. The summed E-state index contributed by atoms with van der Waals surface area (Å²) in [5, 5.41) is 4.67. The van der Waals surface area contributed by atoms with Crippen LogP contribution in [0.25, 0.3) is 11.0 Å². The second kappa shape index (κ2) is 5.76. The number of hydrogen-bond acceptors (Lipinski definition) is 4. The molecule has 0 aliphatic heterocycles. The standard InChI is InChI=1S/C15H11ClN4O/c16-11-7-5-10(6-8-11)9-17-20-14-15(21)19-13-4-2-1-3-12(13)18-14/h1-9H,(H,18,20)(H,19,21)/b17-9-. The fraction of sp³-hybridized carbons (Fsp3) is 0. The lowest BCUT2D eigenvalue weighted by molar-refractivity contribution is 1.17. The van der Waals surface area contributed by atoms with E-state index >= 15 is 0 Å². The fourth-order valence-corrected chi connectivity index (χ4v) is 1.95. The zero-order valence-corrected chi connectivity index (χ0v) is 11.6. The molecule has 0 amide bonds. The average molecular weight is 299 g/mol. The van der Waals surface area contributed by atoms with Crippen molar-refractivity contribution >= 4 is 34.7 Å². The summed E-state index contributed by atoms with van der Waals surface area (Å²) in [5.41, 5.74) is 4.58. The van der Waals surface area contributed by atoms with Crippen molar-refractivity contribution in [2.24, 2.45) is 5.10 Å². The van der Waals surface area contributed by atoms with Gasteiger partial charge in [0.2, 0.25) is 5.82 Å². The monoisotopic (exact) mass is 298 g/mol. The Hall–Kier alpha value is -2.66. The van der Waals surface area contributed by atoms with E-state index in [0.29, 0.717) is 16.1 Å². The number of nitrogens with one attached hydrogen (secondary N) is 2. The molecular weight excluding hydrogens is 288 g/mol. The van der Waals surface area contributed by atoms with Gasteiger partial charge in [-0.2, -0.15) is 5.10 Å². The Morgan fingerprint density at radius 3 is 2.71 bits per heavy atom. The van der Waals surface area contributed by atoms with Crippen molar-refractivity contribution in [2.45, 2.75) is 0 Å². The van der Waals surface area contributed by atoms with Crippen LogP contribution in [0.15, 0.2) is 58.4 Å². The van der Waals surface area contributed by atoms with Crippen LogP contribution in [0.1, 0.15) is 5.56 Å². The molecule has 1 aromatic heterocycles. The zero-order chi connectivity index (χ0) is 14.7. The van der Waals surface area contributed by atoms with Gasteiger partial charge in [0.1, 0.15) is 0 Å². The van der Waals surface area contributed by atoms with Gasteiger partial charge in [0, 0.05) is 5.02 Å². The minimum Gasteiger partial charge on any atom is -0.317 e. The maximum Gasteiger partial charge on any atom is 0.293 e. The lowest BCUT2D eigenvalue weighted by Gasteiger charge is -2.01. The highest BCUT2D eigenvalue weighted by atomic mass is 35.5. The Labute approximate surface area is 125 Å². The number of rotatable bonds is 3. The second-order valence-corrected chi connectivity index (χ2v) is 4.79. The topological polar surface area (TPSA) is 70.1 Å². The van der Waals surface area contributed by atoms with Gasteiger partial charge in [-0.05, 0) is 29.8 Å². The number of aromatic nitrogens is 2. The van der Waals surface area contributed by atoms with Crippen molar-refractivity contribution in [3.8, 4) is 0 Å². The van der Waals surface area contributed by atoms with Crippen molar-refractivity contribution in [1.29, 1.82) is 0 Å². The maximum atomic E-state index is 11.8. The Balaban J connectivity index is 1.83. The van der Waals surface area contributed by atoms with Crippen LogP contribution in [0, 0.1) is 0 Å². The summed E-state index contributed by atoms with van der Waals surface area (Å²) in [5.74, 6) is 0.152. The Bertz CT molecular complexity index is 855. The van der Waals surface area contributed by atoms with Crippen molar-refractivity contribution < 1.29 is 0 Å². The lowest BCUT2D eigenvalue weighted by atomic mass is 10.2. The molecule has 3 rings (SSSR count). The van der Waals surface area contributed by atoms with Crippen molar-refractivity contribution in [3.05, 3.63) is 69.5 Å². The van der Waals surface area contributed by atoms with E-state index in [4.69, 9.17) is 11.6 Å². The zero-order valence-electron chi connectivity index (χ0n) is 10.9. The van der Waals surface area contributed by atoms with Crippen LogP contribution in [-0.2, 0) is 0 Å². The first kappa shape index (κ1) is 13.3. The molecule has 2 aromatic carbocycles. The molecule has 2 N–H and O–H groups in total. The molecule has 0 aliphatic carbocycles. The first-order valence-corrected chi connectivity index (χ1v) is 6.64. The number of H-pyrrole nitrogens is 1. The van der Waals surface area contributed by atoms with Gasteiger partial charge < -0.3 is 4.98 Å². The highest BCUT2D eigenvalue weighted by Gasteiger charge is 2.02. The van der Waals surface area contributed by atoms with Crippen LogP contribution in [0.5, 0.6) is 0 Å². The SMILES string of the molecule is O=c1[nH]c2ccccc2nc1N/N=C\c1ccc(Cl)cc1. The van der Waals surface area contributed by atoms with E-state index in [1.807, 2.05) is 30.3 Å². The highest BCUT2D eigenvalue weighted by Crippen LogP contribution is 2.09. The van der Waals surface area contributed by atoms with Crippen molar-refractivity contribution in [3.63, 3.8) is 0 Å². The molecule has 0 saturated carbocycles. The number of fused-ring (bicyclic) bond motifs is 1. The number of anilines is 1. The molecule has 0 atom stereocenters. The molecule has 21 heavy (non-hydrogen) atoms. The number of aromatic amines is 1.